The molecule has 0 aromatic heterocycles. The first kappa shape index (κ1) is 12.8. The third-order valence-corrected chi connectivity index (χ3v) is 2.23. The minimum Gasteiger partial charge on any atom is -0.494 e. The van der Waals surface area contributed by atoms with E-state index < -0.39 is 0 Å². The minimum atomic E-state index is -0.0192. The highest BCUT2D eigenvalue weighted by molar-refractivity contribution is 6.18. The Morgan fingerprint density at radius 3 is 3.00 bits per heavy atom. The van der Waals surface area contributed by atoms with Crippen LogP contribution in [-0.4, -0.2) is 18.4 Å². The van der Waals surface area contributed by atoms with Gasteiger partial charge in [-0.1, -0.05) is 6.07 Å². The molecule has 0 fully saturated rings. The van der Waals surface area contributed by atoms with E-state index in [9.17, 15) is 4.79 Å². The van der Waals surface area contributed by atoms with E-state index >= 15 is 0 Å². The second kappa shape index (κ2) is 7.12. The summed E-state index contributed by atoms with van der Waals surface area (Å²) in [6, 6.07) is 7.35. The molecule has 1 amide bonds. The molecule has 1 aromatic carbocycles. The lowest BCUT2D eigenvalue weighted by molar-refractivity contribution is -0.116. The first-order valence-electron chi connectivity index (χ1n) is 5.35. The Morgan fingerprint density at radius 2 is 2.31 bits per heavy atom. The number of hydrogen-bond acceptors (Lipinski definition) is 2. The number of hydrogen-bond donors (Lipinski definition) is 1. The maximum atomic E-state index is 11.4. The molecule has 0 heterocycles. The second-order valence-corrected chi connectivity index (χ2v) is 3.68. The molecular formula is C12H16ClNO2. The van der Waals surface area contributed by atoms with Crippen molar-refractivity contribution in [2.24, 2.45) is 0 Å². The lowest BCUT2D eigenvalue weighted by Crippen LogP contribution is -2.11. The Kier molecular flexibility index (Phi) is 5.72. The van der Waals surface area contributed by atoms with Crippen LogP contribution in [0.4, 0.5) is 5.69 Å². The Morgan fingerprint density at radius 1 is 1.50 bits per heavy atom. The molecule has 16 heavy (non-hydrogen) atoms. The van der Waals surface area contributed by atoms with E-state index in [0.29, 0.717) is 25.3 Å². The zero-order valence-corrected chi connectivity index (χ0v) is 10.1. The molecule has 1 N–H and O–H groups in total. The summed E-state index contributed by atoms with van der Waals surface area (Å²) >= 11 is 5.52. The Hall–Kier alpha value is -1.22. The quantitative estimate of drug-likeness (QED) is 0.778. The smallest absolute Gasteiger partial charge is 0.224 e. The highest BCUT2D eigenvalue weighted by Crippen LogP contribution is 2.17. The van der Waals surface area contributed by atoms with Gasteiger partial charge < -0.3 is 10.1 Å². The third kappa shape index (κ3) is 4.53. The van der Waals surface area contributed by atoms with Crippen LogP contribution in [0.15, 0.2) is 24.3 Å². The summed E-state index contributed by atoms with van der Waals surface area (Å²) in [7, 11) is 0. The van der Waals surface area contributed by atoms with E-state index in [2.05, 4.69) is 5.32 Å². The van der Waals surface area contributed by atoms with Gasteiger partial charge in [0, 0.05) is 24.1 Å². The molecule has 1 aromatic rings. The normalized spacial score (nSPS) is 9.88. The number of rotatable bonds is 6. The molecular weight excluding hydrogens is 226 g/mol. The van der Waals surface area contributed by atoms with E-state index in [4.69, 9.17) is 16.3 Å². The van der Waals surface area contributed by atoms with Gasteiger partial charge in [-0.05, 0) is 25.5 Å². The molecule has 0 radical (unpaired) electrons. The topological polar surface area (TPSA) is 38.3 Å². The van der Waals surface area contributed by atoms with Crippen molar-refractivity contribution in [2.75, 3.05) is 17.8 Å². The van der Waals surface area contributed by atoms with E-state index in [-0.39, 0.29) is 5.91 Å². The van der Waals surface area contributed by atoms with Crippen LogP contribution < -0.4 is 10.1 Å². The van der Waals surface area contributed by atoms with Crippen LogP contribution in [0.25, 0.3) is 0 Å². The highest BCUT2D eigenvalue weighted by atomic mass is 35.5. The van der Waals surface area contributed by atoms with Crippen LogP contribution in [0, 0.1) is 0 Å². The largest absolute Gasteiger partial charge is 0.494 e. The van der Waals surface area contributed by atoms with Crippen molar-refractivity contribution in [3.63, 3.8) is 0 Å². The van der Waals surface area contributed by atoms with Crippen LogP contribution in [0.3, 0.4) is 0 Å². The number of carbonyl (C=O) groups excluding carboxylic acids is 1. The van der Waals surface area contributed by atoms with Crippen LogP contribution in [0.2, 0.25) is 0 Å². The third-order valence-electron chi connectivity index (χ3n) is 1.97. The molecule has 88 valence electrons. The molecule has 0 saturated heterocycles. The average molecular weight is 242 g/mol. The molecule has 1 rings (SSSR count). The SMILES string of the molecule is CCOc1cccc(NC(=O)CCCCl)c1. The molecule has 0 bridgehead atoms. The summed E-state index contributed by atoms with van der Waals surface area (Å²) in [6.07, 6.45) is 1.14. The van der Waals surface area contributed by atoms with Crippen LogP contribution in [0.1, 0.15) is 19.8 Å². The molecule has 0 aliphatic heterocycles. The number of anilines is 1. The first-order chi connectivity index (χ1) is 7.76. The van der Waals surface area contributed by atoms with Crippen LogP contribution in [0.5, 0.6) is 5.75 Å². The van der Waals surface area contributed by atoms with Crippen molar-refractivity contribution in [1.29, 1.82) is 0 Å². The molecule has 0 unspecified atom stereocenters. The lowest BCUT2D eigenvalue weighted by Gasteiger charge is -2.07. The molecule has 0 spiro atoms. The zero-order valence-electron chi connectivity index (χ0n) is 9.33. The number of alkyl halides is 1. The molecule has 4 heteroatoms. The average Bonchev–Trinajstić information content (AvgIpc) is 2.27. The van der Waals surface area contributed by atoms with Crippen molar-refractivity contribution >= 4 is 23.2 Å². The number of halogens is 1. The first-order valence-corrected chi connectivity index (χ1v) is 5.88. The molecule has 3 nitrogen and oxygen atoms in total. The van der Waals surface area contributed by atoms with Gasteiger partial charge in [0.25, 0.3) is 0 Å². The van der Waals surface area contributed by atoms with Gasteiger partial charge in [-0.3, -0.25) is 4.79 Å². The van der Waals surface area contributed by atoms with Crippen molar-refractivity contribution in [1.82, 2.24) is 0 Å². The molecule has 0 aliphatic rings. The predicted octanol–water partition coefficient (Wildman–Crippen LogP) is 3.04. The van der Waals surface area contributed by atoms with Crippen LogP contribution in [-0.2, 0) is 4.79 Å². The molecule has 0 saturated carbocycles. The maximum absolute atomic E-state index is 11.4. The van der Waals surface area contributed by atoms with Crippen molar-refractivity contribution in [3.05, 3.63) is 24.3 Å². The van der Waals surface area contributed by atoms with E-state index in [0.717, 1.165) is 11.4 Å². The summed E-state index contributed by atoms with van der Waals surface area (Å²) < 4.78 is 5.34. The lowest BCUT2D eigenvalue weighted by atomic mass is 10.2. The van der Waals surface area contributed by atoms with Crippen molar-refractivity contribution in [2.45, 2.75) is 19.8 Å². The van der Waals surface area contributed by atoms with Gasteiger partial charge in [0.05, 0.1) is 6.61 Å². The molecule has 0 atom stereocenters. The van der Waals surface area contributed by atoms with Gasteiger partial charge in [-0.2, -0.15) is 0 Å². The number of amides is 1. The van der Waals surface area contributed by atoms with Gasteiger partial charge in [-0.15, -0.1) is 11.6 Å². The fourth-order valence-corrected chi connectivity index (χ4v) is 1.41. The van der Waals surface area contributed by atoms with Gasteiger partial charge in [-0.25, -0.2) is 0 Å². The molecule has 0 aliphatic carbocycles. The summed E-state index contributed by atoms with van der Waals surface area (Å²) in [5, 5.41) is 2.80. The fourth-order valence-electron chi connectivity index (χ4n) is 1.28. The van der Waals surface area contributed by atoms with Gasteiger partial charge >= 0.3 is 0 Å². The minimum absolute atomic E-state index is 0.0192. The number of ether oxygens (including phenoxy) is 1. The van der Waals surface area contributed by atoms with E-state index in [1.165, 1.54) is 0 Å². The van der Waals surface area contributed by atoms with Crippen LogP contribution >= 0.6 is 11.6 Å². The highest BCUT2D eigenvalue weighted by Gasteiger charge is 2.02. The number of carbonyl (C=O) groups is 1. The van der Waals surface area contributed by atoms with Gasteiger partial charge in [0.1, 0.15) is 5.75 Å². The maximum Gasteiger partial charge on any atom is 0.224 e. The number of benzene rings is 1. The van der Waals surface area contributed by atoms with Gasteiger partial charge in [0.15, 0.2) is 0 Å². The predicted molar refractivity (Wildman–Crippen MR) is 66.2 cm³/mol. The number of nitrogens with one attached hydrogen (secondary N) is 1. The standard InChI is InChI=1S/C12H16ClNO2/c1-2-16-11-6-3-5-10(9-11)14-12(15)7-4-8-13/h3,5-6,9H,2,4,7-8H2,1H3,(H,14,15). The summed E-state index contributed by atoms with van der Waals surface area (Å²) in [5.41, 5.74) is 0.755. The zero-order chi connectivity index (χ0) is 11.8. The summed E-state index contributed by atoms with van der Waals surface area (Å²) in [5.74, 6) is 1.25. The summed E-state index contributed by atoms with van der Waals surface area (Å²) in [6.45, 7) is 2.54. The second-order valence-electron chi connectivity index (χ2n) is 3.30. The Labute approximate surface area is 101 Å². The Bertz CT molecular complexity index is 342. The fraction of sp³-hybridized carbons (Fsp3) is 0.417. The van der Waals surface area contributed by atoms with E-state index in [1.807, 2.05) is 31.2 Å². The van der Waals surface area contributed by atoms with Crippen molar-refractivity contribution in [3.8, 4) is 5.75 Å². The van der Waals surface area contributed by atoms with Crippen molar-refractivity contribution < 1.29 is 9.53 Å². The Balaban J connectivity index is 2.52. The van der Waals surface area contributed by atoms with Gasteiger partial charge in [0.2, 0.25) is 5.91 Å². The monoisotopic (exact) mass is 241 g/mol. The van der Waals surface area contributed by atoms with E-state index in [1.54, 1.807) is 0 Å². The summed E-state index contributed by atoms with van der Waals surface area (Å²) in [4.78, 5) is 11.4.